The molecule has 0 aromatic rings. The quantitative estimate of drug-likeness (QED) is 0.429. The van der Waals surface area contributed by atoms with E-state index in [4.69, 9.17) is 5.11 Å². The molecule has 8 heavy (non-hydrogen) atoms. The third-order valence-electron chi connectivity index (χ3n) is 0.326. The molecule has 0 atom stereocenters. The van der Waals surface area contributed by atoms with E-state index in [-0.39, 0.29) is 18.1 Å². The zero-order chi connectivity index (χ0) is 6.99. The molecule has 0 bridgehead atoms. The fraction of sp³-hybridized carbons (Fsp3) is 0.400. The molecule has 0 aliphatic heterocycles. The van der Waals surface area contributed by atoms with E-state index in [2.05, 4.69) is 25.8 Å². The van der Waals surface area contributed by atoms with Gasteiger partial charge in [-0.25, -0.2) is 0 Å². The first-order valence-corrected chi connectivity index (χ1v) is 2.54. The minimum atomic E-state index is -0.266. The fourth-order valence-corrected chi connectivity index (χ4v) is 0.196. The van der Waals surface area contributed by atoms with E-state index in [0.717, 1.165) is 0 Å². The van der Waals surface area contributed by atoms with Crippen molar-refractivity contribution in [2.75, 3.05) is 6.61 Å². The van der Waals surface area contributed by atoms with Gasteiger partial charge in [-0.3, -0.25) is 4.79 Å². The standard InChI is InChI=1S/C3H6O2S.C2H4/c4-2-1-3(5)6;1-2/h4H,1-2H2,(H,5,6);1-2H2. The third-order valence-corrected chi connectivity index (χ3v) is 0.549. The van der Waals surface area contributed by atoms with E-state index >= 15 is 0 Å². The van der Waals surface area contributed by atoms with Crippen LogP contribution in [0.3, 0.4) is 0 Å². The molecule has 1 N–H and O–H groups in total. The smallest absolute Gasteiger partial charge is 0.188 e. The third kappa shape index (κ3) is 17.2. The molecule has 0 unspecified atom stereocenters. The Kier molecular flexibility index (Phi) is 13.1. The molecular weight excluding hydrogens is 124 g/mol. The van der Waals surface area contributed by atoms with Gasteiger partial charge in [0.15, 0.2) is 5.12 Å². The first kappa shape index (κ1) is 10.7. The van der Waals surface area contributed by atoms with Crippen molar-refractivity contribution in [3.63, 3.8) is 0 Å². The Morgan fingerprint density at radius 2 is 2.00 bits per heavy atom. The number of hydrogen-bond donors (Lipinski definition) is 2. The summed E-state index contributed by atoms with van der Waals surface area (Å²) in [5, 5.41) is 7.70. The van der Waals surface area contributed by atoms with Crippen molar-refractivity contribution in [1.29, 1.82) is 0 Å². The molecule has 0 radical (unpaired) electrons. The zero-order valence-corrected chi connectivity index (χ0v) is 5.53. The van der Waals surface area contributed by atoms with Gasteiger partial charge in [0.05, 0.1) is 6.61 Å². The van der Waals surface area contributed by atoms with Crippen LogP contribution in [0.15, 0.2) is 13.2 Å². The maximum absolute atomic E-state index is 9.75. The number of aliphatic hydroxyl groups is 1. The van der Waals surface area contributed by atoms with E-state index in [1.54, 1.807) is 0 Å². The molecule has 48 valence electrons. The highest BCUT2D eigenvalue weighted by Crippen LogP contribution is 1.82. The largest absolute Gasteiger partial charge is 0.396 e. The summed E-state index contributed by atoms with van der Waals surface area (Å²) in [6.45, 7) is 5.91. The number of thiol groups is 1. The molecule has 0 saturated heterocycles. The van der Waals surface area contributed by atoms with Gasteiger partial charge < -0.3 is 5.11 Å². The predicted octanol–water partition coefficient (Wildman–Crippen LogP) is 0.627. The topological polar surface area (TPSA) is 37.3 Å². The molecule has 0 rings (SSSR count). The van der Waals surface area contributed by atoms with Crippen LogP contribution in [-0.4, -0.2) is 16.8 Å². The van der Waals surface area contributed by atoms with Gasteiger partial charge >= 0.3 is 0 Å². The molecule has 2 nitrogen and oxygen atoms in total. The van der Waals surface area contributed by atoms with Crippen LogP contribution in [0.2, 0.25) is 0 Å². The van der Waals surface area contributed by atoms with E-state index < -0.39 is 0 Å². The first-order chi connectivity index (χ1) is 3.77. The lowest BCUT2D eigenvalue weighted by Crippen LogP contribution is -1.88. The zero-order valence-electron chi connectivity index (χ0n) is 4.63. The van der Waals surface area contributed by atoms with Crippen molar-refractivity contribution in [1.82, 2.24) is 0 Å². The molecule has 0 aromatic carbocycles. The van der Waals surface area contributed by atoms with Gasteiger partial charge in [-0.1, -0.05) is 0 Å². The highest BCUT2D eigenvalue weighted by atomic mass is 32.1. The Hall–Kier alpha value is -0.280. The highest BCUT2D eigenvalue weighted by Gasteiger charge is 1.86. The Labute approximate surface area is 54.6 Å². The van der Waals surface area contributed by atoms with Gasteiger partial charge in [0, 0.05) is 6.42 Å². The average Bonchev–Trinajstić information content (AvgIpc) is 1.72. The van der Waals surface area contributed by atoms with Crippen LogP contribution in [0, 0.1) is 0 Å². The molecule has 0 amide bonds. The lowest BCUT2D eigenvalue weighted by atomic mass is 10.5. The monoisotopic (exact) mass is 134 g/mol. The van der Waals surface area contributed by atoms with E-state index in [1.165, 1.54) is 0 Å². The second-order valence-corrected chi connectivity index (χ2v) is 1.37. The number of rotatable bonds is 2. The van der Waals surface area contributed by atoms with Crippen molar-refractivity contribution in [3.8, 4) is 0 Å². The summed E-state index contributed by atoms with van der Waals surface area (Å²) < 4.78 is 0. The molecule has 0 aliphatic rings. The first-order valence-electron chi connectivity index (χ1n) is 2.10. The summed E-state index contributed by atoms with van der Waals surface area (Å²) in [6.07, 6.45) is 0.156. The summed E-state index contributed by atoms with van der Waals surface area (Å²) in [7, 11) is 0. The van der Waals surface area contributed by atoms with Crippen molar-refractivity contribution < 1.29 is 9.90 Å². The second-order valence-electron chi connectivity index (χ2n) is 0.867. The van der Waals surface area contributed by atoms with Crippen LogP contribution < -0.4 is 0 Å². The summed E-state index contributed by atoms with van der Waals surface area (Å²) in [5.41, 5.74) is 0. The van der Waals surface area contributed by atoms with Crippen molar-refractivity contribution in [3.05, 3.63) is 13.2 Å². The van der Waals surface area contributed by atoms with Crippen LogP contribution in [-0.2, 0) is 4.79 Å². The van der Waals surface area contributed by atoms with Crippen molar-refractivity contribution >= 4 is 17.7 Å². The number of hydrogen-bond acceptors (Lipinski definition) is 2. The normalized spacial score (nSPS) is 6.75. The van der Waals surface area contributed by atoms with Gasteiger partial charge in [-0.05, 0) is 0 Å². The molecular formula is C5H10O2S. The Morgan fingerprint density at radius 3 is 2.00 bits per heavy atom. The van der Waals surface area contributed by atoms with E-state index in [0.29, 0.717) is 0 Å². The van der Waals surface area contributed by atoms with E-state index in [1.807, 2.05) is 0 Å². The molecule has 0 heterocycles. The van der Waals surface area contributed by atoms with Crippen LogP contribution in [0.25, 0.3) is 0 Å². The number of aliphatic hydroxyl groups excluding tert-OH is 1. The minimum Gasteiger partial charge on any atom is -0.396 e. The summed E-state index contributed by atoms with van der Waals surface area (Å²) in [5.74, 6) is 0. The lowest BCUT2D eigenvalue weighted by molar-refractivity contribution is -0.111. The average molecular weight is 134 g/mol. The lowest BCUT2D eigenvalue weighted by Gasteiger charge is -1.79. The minimum absolute atomic E-state index is 0.0949. The molecule has 3 heteroatoms. The number of carbonyl (C=O) groups is 1. The molecule has 0 aliphatic carbocycles. The summed E-state index contributed by atoms with van der Waals surface area (Å²) in [4.78, 5) is 9.75. The molecule has 0 spiro atoms. The van der Waals surface area contributed by atoms with Crippen LogP contribution in [0.1, 0.15) is 6.42 Å². The maximum atomic E-state index is 9.75. The Balaban J connectivity index is 0. The van der Waals surface area contributed by atoms with Crippen molar-refractivity contribution in [2.24, 2.45) is 0 Å². The van der Waals surface area contributed by atoms with Crippen LogP contribution >= 0.6 is 12.6 Å². The van der Waals surface area contributed by atoms with Gasteiger partial charge in [0.1, 0.15) is 0 Å². The van der Waals surface area contributed by atoms with Crippen molar-refractivity contribution in [2.45, 2.75) is 6.42 Å². The Morgan fingerprint density at radius 1 is 1.62 bits per heavy atom. The van der Waals surface area contributed by atoms with Gasteiger partial charge in [-0.2, -0.15) is 0 Å². The highest BCUT2D eigenvalue weighted by molar-refractivity contribution is 7.96. The molecule has 0 saturated carbocycles. The van der Waals surface area contributed by atoms with Gasteiger partial charge in [0.2, 0.25) is 0 Å². The predicted molar refractivity (Wildman–Crippen MR) is 36.9 cm³/mol. The molecule has 0 aromatic heterocycles. The number of carbonyl (C=O) groups excluding carboxylic acids is 1. The second kappa shape index (κ2) is 9.87. The van der Waals surface area contributed by atoms with Crippen LogP contribution in [0.5, 0.6) is 0 Å². The molecule has 0 fully saturated rings. The summed E-state index contributed by atoms with van der Waals surface area (Å²) in [6, 6.07) is 0. The SMILES string of the molecule is C=C.O=C(S)CCO. The van der Waals surface area contributed by atoms with Crippen LogP contribution in [0.4, 0.5) is 0 Å². The van der Waals surface area contributed by atoms with E-state index in [9.17, 15) is 4.79 Å². The van der Waals surface area contributed by atoms with Gasteiger partial charge in [0.25, 0.3) is 0 Å². The summed E-state index contributed by atoms with van der Waals surface area (Å²) >= 11 is 3.38. The Bertz CT molecular complexity index is 63.4. The maximum Gasteiger partial charge on any atom is 0.188 e. The fourth-order valence-electron chi connectivity index (χ4n) is 0.0956. The van der Waals surface area contributed by atoms with Gasteiger partial charge in [-0.15, -0.1) is 25.8 Å².